The van der Waals surface area contributed by atoms with E-state index < -0.39 is 0 Å². The number of carbonyl (C=O) groups is 2. The number of piperazine rings is 1. The van der Waals surface area contributed by atoms with E-state index in [1.54, 1.807) is 32.4 Å². The zero-order valence-corrected chi connectivity index (χ0v) is 17.7. The molecule has 1 saturated heterocycles. The maximum atomic E-state index is 12.6. The summed E-state index contributed by atoms with van der Waals surface area (Å²) in [6, 6.07) is 13.0. The molecule has 30 heavy (non-hydrogen) atoms. The van der Waals surface area contributed by atoms with E-state index in [9.17, 15) is 9.59 Å². The zero-order chi connectivity index (χ0) is 21.5. The molecule has 2 aromatic carbocycles. The van der Waals surface area contributed by atoms with Crippen LogP contribution in [0.2, 0.25) is 0 Å². The highest BCUT2D eigenvalue weighted by Gasteiger charge is 2.22. The highest BCUT2D eigenvalue weighted by Crippen LogP contribution is 2.28. The van der Waals surface area contributed by atoms with E-state index in [2.05, 4.69) is 4.90 Å². The van der Waals surface area contributed by atoms with Crippen molar-refractivity contribution in [2.75, 3.05) is 52.4 Å². The van der Waals surface area contributed by atoms with Crippen molar-refractivity contribution < 1.29 is 23.8 Å². The summed E-state index contributed by atoms with van der Waals surface area (Å²) >= 11 is 0. The van der Waals surface area contributed by atoms with Crippen molar-refractivity contribution in [3.05, 3.63) is 48.0 Å². The molecule has 1 aliphatic rings. The second kappa shape index (κ2) is 10.0. The van der Waals surface area contributed by atoms with Crippen LogP contribution in [-0.2, 0) is 4.79 Å². The van der Waals surface area contributed by atoms with Gasteiger partial charge in [-0.1, -0.05) is 6.07 Å². The molecule has 0 spiro atoms. The molecular formula is C23H28N2O5. The molecule has 0 aromatic heterocycles. The van der Waals surface area contributed by atoms with E-state index in [4.69, 9.17) is 14.2 Å². The van der Waals surface area contributed by atoms with E-state index in [0.29, 0.717) is 30.2 Å². The number of rotatable bonds is 8. The van der Waals surface area contributed by atoms with Gasteiger partial charge in [-0.25, -0.2) is 0 Å². The summed E-state index contributed by atoms with van der Waals surface area (Å²) in [5.74, 6) is 1.82. The van der Waals surface area contributed by atoms with Crippen molar-refractivity contribution >= 4 is 17.4 Å². The monoisotopic (exact) mass is 412 g/mol. The summed E-state index contributed by atoms with van der Waals surface area (Å²) in [6.07, 6.45) is 0.372. The summed E-state index contributed by atoms with van der Waals surface area (Å²) in [4.78, 5) is 29.2. The number of ether oxygens (including phenoxy) is 3. The number of nitrogens with zero attached hydrogens (tertiary/aromatic N) is 2. The Balaban J connectivity index is 1.50. The first-order valence-electron chi connectivity index (χ1n) is 9.97. The molecule has 2 aromatic rings. The molecule has 0 atom stereocenters. The van der Waals surface area contributed by atoms with Crippen LogP contribution >= 0.6 is 0 Å². The Bertz CT molecular complexity index is 891. The molecule has 1 aliphatic heterocycles. The molecule has 0 radical (unpaired) electrons. The lowest BCUT2D eigenvalue weighted by molar-refractivity contribution is -0.131. The number of amides is 1. The number of Topliss-reactive ketones (excluding diaryl/α,β-unsaturated/α-hetero) is 1. The minimum absolute atomic E-state index is 0.00844. The Morgan fingerprint density at radius 1 is 0.833 bits per heavy atom. The van der Waals surface area contributed by atoms with Gasteiger partial charge in [-0.15, -0.1) is 0 Å². The average Bonchev–Trinajstić information content (AvgIpc) is 2.81. The fourth-order valence-corrected chi connectivity index (χ4v) is 3.55. The predicted molar refractivity (Wildman–Crippen MR) is 115 cm³/mol. The molecule has 1 amide bonds. The van der Waals surface area contributed by atoms with Gasteiger partial charge in [-0.05, 0) is 30.3 Å². The quantitative estimate of drug-likeness (QED) is 0.621. The minimum Gasteiger partial charge on any atom is -0.497 e. The van der Waals surface area contributed by atoms with Crippen LogP contribution in [0.3, 0.4) is 0 Å². The molecule has 0 aliphatic carbocycles. The number of benzene rings is 2. The van der Waals surface area contributed by atoms with Gasteiger partial charge in [0.25, 0.3) is 0 Å². The fourth-order valence-electron chi connectivity index (χ4n) is 3.55. The molecule has 0 N–H and O–H groups in total. The third-order valence-corrected chi connectivity index (χ3v) is 5.32. The Kier molecular flexibility index (Phi) is 7.17. The van der Waals surface area contributed by atoms with Crippen molar-refractivity contribution in [1.82, 2.24) is 4.90 Å². The molecule has 0 unspecified atom stereocenters. The van der Waals surface area contributed by atoms with E-state index >= 15 is 0 Å². The number of methoxy groups -OCH3 is 3. The maximum Gasteiger partial charge on any atom is 0.223 e. The Hall–Kier alpha value is -3.22. The largest absolute Gasteiger partial charge is 0.497 e. The van der Waals surface area contributed by atoms with Crippen molar-refractivity contribution in [2.24, 2.45) is 0 Å². The maximum absolute atomic E-state index is 12.6. The van der Waals surface area contributed by atoms with Crippen LogP contribution < -0.4 is 19.1 Å². The zero-order valence-electron chi connectivity index (χ0n) is 17.7. The van der Waals surface area contributed by atoms with E-state index in [1.165, 1.54) is 7.11 Å². The fraction of sp³-hybridized carbons (Fsp3) is 0.391. The van der Waals surface area contributed by atoms with E-state index in [1.807, 2.05) is 29.2 Å². The van der Waals surface area contributed by atoms with Gasteiger partial charge in [0, 0.05) is 56.3 Å². The van der Waals surface area contributed by atoms with Crippen molar-refractivity contribution in [3.8, 4) is 17.2 Å². The number of hydrogen-bond acceptors (Lipinski definition) is 6. The number of ketones is 1. The van der Waals surface area contributed by atoms with Crippen LogP contribution in [-0.4, -0.2) is 64.1 Å². The molecular weight excluding hydrogens is 384 g/mol. The molecule has 1 fully saturated rings. The van der Waals surface area contributed by atoms with E-state index in [0.717, 1.165) is 24.5 Å². The molecule has 0 saturated carbocycles. The van der Waals surface area contributed by atoms with E-state index in [-0.39, 0.29) is 24.5 Å². The van der Waals surface area contributed by atoms with Gasteiger partial charge in [0.2, 0.25) is 5.91 Å². The smallest absolute Gasteiger partial charge is 0.223 e. The summed E-state index contributed by atoms with van der Waals surface area (Å²) in [6.45, 7) is 2.78. The number of hydrogen-bond donors (Lipinski definition) is 0. The molecule has 0 bridgehead atoms. The highest BCUT2D eigenvalue weighted by molar-refractivity contribution is 5.98. The summed E-state index contributed by atoms with van der Waals surface area (Å²) < 4.78 is 15.7. The molecule has 7 heteroatoms. The first-order valence-corrected chi connectivity index (χ1v) is 9.97. The second-order valence-corrected chi connectivity index (χ2v) is 7.06. The summed E-state index contributed by atoms with van der Waals surface area (Å²) in [7, 11) is 4.73. The SMILES string of the molecule is COc1cccc(N2CCN(C(=O)CCC(=O)c3ccc(OC)c(OC)c3)CC2)c1. The van der Waals surface area contributed by atoms with Gasteiger partial charge in [-0.2, -0.15) is 0 Å². The highest BCUT2D eigenvalue weighted by atomic mass is 16.5. The molecule has 7 nitrogen and oxygen atoms in total. The van der Waals surface area contributed by atoms with Crippen LogP contribution in [0.1, 0.15) is 23.2 Å². The Morgan fingerprint density at radius 2 is 1.57 bits per heavy atom. The van der Waals surface area contributed by atoms with Gasteiger partial charge in [0.05, 0.1) is 21.3 Å². The third-order valence-electron chi connectivity index (χ3n) is 5.32. The van der Waals surface area contributed by atoms with Crippen molar-refractivity contribution in [1.29, 1.82) is 0 Å². The summed E-state index contributed by atoms with van der Waals surface area (Å²) in [5.41, 5.74) is 1.60. The molecule has 1 heterocycles. The third kappa shape index (κ3) is 5.03. The minimum atomic E-state index is -0.0840. The molecule has 3 rings (SSSR count). The number of carbonyl (C=O) groups excluding carboxylic acids is 2. The Labute approximate surface area is 177 Å². The van der Waals surface area contributed by atoms with Crippen LogP contribution in [0.25, 0.3) is 0 Å². The van der Waals surface area contributed by atoms with Crippen LogP contribution in [0, 0.1) is 0 Å². The topological polar surface area (TPSA) is 68.3 Å². The lowest BCUT2D eigenvalue weighted by Gasteiger charge is -2.36. The lowest BCUT2D eigenvalue weighted by atomic mass is 10.1. The van der Waals surface area contributed by atoms with Crippen molar-refractivity contribution in [2.45, 2.75) is 12.8 Å². The van der Waals surface area contributed by atoms with Crippen molar-refractivity contribution in [3.63, 3.8) is 0 Å². The van der Waals surface area contributed by atoms with Gasteiger partial charge >= 0.3 is 0 Å². The van der Waals surface area contributed by atoms with Crippen LogP contribution in [0.15, 0.2) is 42.5 Å². The molecule has 160 valence electrons. The van der Waals surface area contributed by atoms with Gasteiger partial charge < -0.3 is 24.0 Å². The van der Waals surface area contributed by atoms with Gasteiger partial charge in [0.15, 0.2) is 17.3 Å². The predicted octanol–water partition coefficient (Wildman–Crippen LogP) is 3.02. The first-order chi connectivity index (χ1) is 14.5. The normalized spacial score (nSPS) is 13.7. The number of anilines is 1. The van der Waals surface area contributed by atoms with Gasteiger partial charge in [0.1, 0.15) is 5.75 Å². The van der Waals surface area contributed by atoms with Crippen LogP contribution in [0.5, 0.6) is 17.2 Å². The van der Waals surface area contributed by atoms with Crippen LogP contribution in [0.4, 0.5) is 5.69 Å². The van der Waals surface area contributed by atoms with Gasteiger partial charge in [-0.3, -0.25) is 9.59 Å². The second-order valence-electron chi connectivity index (χ2n) is 7.06. The average molecular weight is 412 g/mol. The lowest BCUT2D eigenvalue weighted by Crippen LogP contribution is -2.48. The Morgan fingerprint density at radius 3 is 2.23 bits per heavy atom. The first kappa shape index (κ1) is 21.5. The summed E-state index contributed by atoms with van der Waals surface area (Å²) in [5, 5.41) is 0. The standard InChI is InChI=1S/C23H28N2O5/c1-28-19-6-4-5-18(16-19)24-11-13-25(14-12-24)23(27)10-8-20(26)17-7-9-21(29-2)22(15-17)30-3/h4-7,9,15-16H,8,10-14H2,1-3H3.